The molecule has 0 aliphatic carbocycles. The lowest BCUT2D eigenvalue weighted by molar-refractivity contribution is -0.131. The molecule has 0 fully saturated rings. The molecule has 0 bridgehead atoms. The van der Waals surface area contributed by atoms with Crippen molar-refractivity contribution in [1.29, 1.82) is 0 Å². The molecule has 4 heteroatoms. The van der Waals surface area contributed by atoms with Gasteiger partial charge in [0.05, 0.1) is 0 Å². The zero-order chi connectivity index (χ0) is 13.3. The Morgan fingerprint density at radius 2 is 2.11 bits per heavy atom. The molecule has 0 N–H and O–H groups in total. The van der Waals surface area contributed by atoms with Gasteiger partial charge in [0.25, 0.3) is 0 Å². The van der Waals surface area contributed by atoms with Crippen LogP contribution in [0.4, 0.5) is 0 Å². The zero-order valence-corrected chi connectivity index (χ0v) is 10.6. The summed E-state index contributed by atoms with van der Waals surface area (Å²) in [7, 11) is 0. The molecule has 94 valence electrons. The highest BCUT2D eigenvalue weighted by atomic mass is 16.5. The van der Waals surface area contributed by atoms with Crippen molar-refractivity contribution in [3.8, 4) is 5.75 Å². The number of aryl methyl sites for hydroxylation is 1. The largest absolute Gasteiger partial charge is 0.427 e. The van der Waals surface area contributed by atoms with Crippen LogP contribution in [-0.2, 0) is 11.2 Å². The quantitative estimate of drug-likeness (QED) is 0.464. The van der Waals surface area contributed by atoms with E-state index in [1.54, 1.807) is 19.1 Å². The molecule has 2 rings (SSSR count). The lowest BCUT2D eigenvalue weighted by atomic mass is 10.0. The summed E-state index contributed by atoms with van der Waals surface area (Å²) < 4.78 is 10.2. The number of rotatable bonds is 2. The minimum Gasteiger partial charge on any atom is -0.427 e. The van der Waals surface area contributed by atoms with Crippen LogP contribution in [0, 0.1) is 6.92 Å². The van der Waals surface area contributed by atoms with E-state index < -0.39 is 5.97 Å². The van der Waals surface area contributed by atoms with Crippen molar-refractivity contribution in [1.82, 2.24) is 0 Å². The molecule has 0 aliphatic heterocycles. The third kappa shape index (κ3) is 2.14. The van der Waals surface area contributed by atoms with Crippen LogP contribution in [0.15, 0.2) is 27.4 Å². The molecular weight excluding hydrogens is 232 g/mol. The lowest BCUT2D eigenvalue weighted by Crippen LogP contribution is -2.08. The number of fused-ring (bicyclic) bond motifs is 1. The molecule has 1 aromatic heterocycles. The van der Waals surface area contributed by atoms with Gasteiger partial charge in [0.1, 0.15) is 11.3 Å². The van der Waals surface area contributed by atoms with E-state index in [-0.39, 0.29) is 5.63 Å². The van der Waals surface area contributed by atoms with Crippen LogP contribution >= 0.6 is 0 Å². The first-order valence-corrected chi connectivity index (χ1v) is 5.77. The van der Waals surface area contributed by atoms with Crippen LogP contribution in [-0.4, -0.2) is 5.97 Å². The van der Waals surface area contributed by atoms with Crippen molar-refractivity contribution in [2.45, 2.75) is 27.2 Å². The van der Waals surface area contributed by atoms with E-state index in [9.17, 15) is 9.59 Å². The number of benzene rings is 1. The Kier molecular flexibility index (Phi) is 3.19. The Hall–Kier alpha value is -2.10. The number of ether oxygens (including phenoxy) is 1. The van der Waals surface area contributed by atoms with Crippen LogP contribution < -0.4 is 10.4 Å². The van der Waals surface area contributed by atoms with Gasteiger partial charge >= 0.3 is 11.6 Å². The number of carbonyl (C=O) groups excluding carboxylic acids is 1. The Bertz CT molecular complexity index is 667. The minimum absolute atomic E-state index is 0.348. The minimum atomic E-state index is -0.403. The summed E-state index contributed by atoms with van der Waals surface area (Å²) in [6, 6.07) is 5.07. The van der Waals surface area contributed by atoms with Crippen molar-refractivity contribution < 1.29 is 13.9 Å². The third-order valence-corrected chi connectivity index (χ3v) is 2.85. The van der Waals surface area contributed by atoms with E-state index in [0.717, 1.165) is 17.4 Å². The molecule has 2 aromatic rings. The maximum absolute atomic E-state index is 11.7. The van der Waals surface area contributed by atoms with Gasteiger partial charge in [0.2, 0.25) is 0 Å². The molecule has 0 saturated carbocycles. The van der Waals surface area contributed by atoms with Gasteiger partial charge in [-0.3, -0.25) is 4.79 Å². The molecule has 18 heavy (non-hydrogen) atoms. The standard InChI is InChI=1S/C14H14O4/c1-4-11-8(2)14(16)18-13-7-10(17-9(3)15)5-6-12(11)13/h5-7H,4H2,1-3H3. The second-order valence-corrected chi connectivity index (χ2v) is 4.10. The fraction of sp³-hybridized carbons (Fsp3) is 0.286. The van der Waals surface area contributed by atoms with Gasteiger partial charge in [-0.25, -0.2) is 4.79 Å². The number of hydrogen-bond acceptors (Lipinski definition) is 4. The van der Waals surface area contributed by atoms with Gasteiger partial charge in [0.15, 0.2) is 0 Å². The van der Waals surface area contributed by atoms with Gasteiger partial charge in [-0.15, -0.1) is 0 Å². The first-order chi connectivity index (χ1) is 8.52. The highest BCUT2D eigenvalue weighted by Gasteiger charge is 2.10. The highest BCUT2D eigenvalue weighted by molar-refractivity contribution is 5.83. The molecule has 0 spiro atoms. The molecule has 1 heterocycles. The lowest BCUT2D eigenvalue weighted by Gasteiger charge is -2.07. The van der Waals surface area contributed by atoms with Crippen molar-refractivity contribution in [3.05, 3.63) is 39.7 Å². The second-order valence-electron chi connectivity index (χ2n) is 4.10. The zero-order valence-electron chi connectivity index (χ0n) is 10.6. The van der Waals surface area contributed by atoms with Crippen LogP contribution in [0.1, 0.15) is 25.0 Å². The monoisotopic (exact) mass is 246 g/mol. The third-order valence-electron chi connectivity index (χ3n) is 2.85. The van der Waals surface area contributed by atoms with Crippen LogP contribution in [0.25, 0.3) is 11.0 Å². The average Bonchev–Trinajstić information content (AvgIpc) is 2.30. The van der Waals surface area contributed by atoms with Gasteiger partial charge < -0.3 is 9.15 Å². The number of hydrogen-bond donors (Lipinski definition) is 0. The normalized spacial score (nSPS) is 10.6. The van der Waals surface area contributed by atoms with E-state index in [0.29, 0.717) is 16.9 Å². The van der Waals surface area contributed by atoms with E-state index in [4.69, 9.17) is 9.15 Å². The summed E-state index contributed by atoms with van der Waals surface area (Å²) >= 11 is 0. The number of esters is 1. The fourth-order valence-corrected chi connectivity index (χ4v) is 2.02. The molecule has 0 atom stereocenters. The van der Waals surface area contributed by atoms with E-state index in [1.165, 1.54) is 6.92 Å². The van der Waals surface area contributed by atoms with E-state index in [2.05, 4.69) is 0 Å². The predicted molar refractivity (Wildman–Crippen MR) is 67.9 cm³/mol. The molecule has 0 amide bonds. The fourth-order valence-electron chi connectivity index (χ4n) is 2.02. The molecular formula is C14H14O4. The van der Waals surface area contributed by atoms with E-state index in [1.807, 2.05) is 13.0 Å². The van der Waals surface area contributed by atoms with Gasteiger partial charge in [-0.1, -0.05) is 6.92 Å². The van der Waals surface area contributed by atoms with Gasteiger partial charge in [0, 0.05) is 23.9 Å². The molecule has 0 unspecified atom stereocenters. The Balaban J connectivity index is 2.68. The van der Waals surface area contributed by atoms with Crippen molar-refractivity contribution in [3.63, 3.8) is 0 Å². The summed E-state index contributed by atoms with van der Waals surface area (Å²) in [5, 5.41) is 0.880. The summed E-state index contributed by atoms with van der Waals surface area (Å²) in [4.78, 5) is 22.6. The summed E-state index contributed by atoms with van der Waals surface area (Å²) in [6.45, 7) is 5.07. The van der Waals surface area contributed by atoms with Crippen LogP contribution in [0.2, 0.25) is 0 Å². The summed E-state index contributed by atoms with van der Waals surface area (Å²) in [5.41, 5.74) is 1.70. The first kappa shape index (κ1) is 12.4. The molecule has 0 aliphatic rings. The van der Waals surface area contributed by atoms with Crippen LogP contribution in [0.5, 0.6) is 5.75 Å². The maximum atomic E-state index is 11.7. The molecule has 1 aromatic carbocycles. The van der Waals surface area contributed by atoms with Crippen molar-refractivity contribution >= 4 is 16.9 Å². The SMILES string of the molecule is CCc1c(C)c(=O)oc2cc(OC(C)=O)ccc12. The van der Waals surface area contributed by atoms with E-state index >= 15 is 0 Å². The van der Waals surface area contributed by atoms with Crippen molar-refractivity contribution in [2.24, 2.45) is 0 Å². The van der Waals surface area contributed by atoms with Crippen LogP contribution in [0.3, 0.4) is 0 Å². The smallest absolute Gasteiger partial charge is 0.339 e. The Morgan fingerprint density at radius 3 is 2.72 bits per heavy atom. The maximum Gasteiger partial charge on any atom is 0.339 e. The predicted octanol–water partition coefficient (Wildman–Crippen LogP) is 2.59. The molecule has 4 nitrogen and oxygen atoms in total. The molecule has 0 radical (unpaired) electrons. The molecule has 0 saturated heterocycles. The topological polar surface area (TPSA) is 56.5 Å². The first-order valence-electron chi connectivity index (χ1n) is 5.77. The summed E-state index contributed by atoms with van der Waals surface area (Å²) in [6.07, 6.45) is 0.751. The van der Waals surface area contributed by atoms with Gasteiger partial charge in [-0.2, -0.15) is 0 Å². The van der Waals surface area contributed by atoms with Gasteiger partial charge in [-0.05, 0) is 31.0 Å². The second kappa shape index (κ2) is 4.64. The highest BCUT2D eigenvalue weighted by Crippen LogP contribution is 2.24. The Morgan fingerprint density at radius 1 is 1.39 bits per heavy atom. The number of carbonyl (C=O) groups is 1. The van der Waals surface area contributed by atoms with Crippen molar-refractivity contribution in [2.75, 3.05) is 0 Å². The Labute approximate surface area is 104 Å². The summed E-state index contributed by atoms with van der Waals surface area (Å²) in [5.74, 6) is -0.0245. The average molecular weight is 246 g/mol.